The summed E-state index contributed by atoms with van der Waals surface area (Å²) in [7, 11) is 0. The lowest BCUT2D eigenvalue weighted by Crippen LogP contribution is -2.13. The van der Waals surface area contributed by atoms with E-state index in [1.54, 1.807) is 0 Å². The molecular formula is C16H31ClO5. The molecule has 0 radical (unpaired) electrons. The van der Waals surface area contributed by atoms with Crippen molar-refractivity contribution in [1.29, 1.82) is 0 Å². The molecule has 22 heavy (non-hydrogen) atoms. The number of alkyl halides is 1. The highest BCUT2D eigenvalue weighted by Crippen LogP contribution is 2.01. The number of unbranched alkanes of at least 4 members (excludes halogenated alkanes) is 3. The Morgan fingerprint density at radius 2 is 1.32 bits per heavy atom. The highest BCUT2D eigenvalue weighted by atomic mass is 35.5. The average molecular weight is 339 g/mol. The fraction of sp³-hybridized carbons (Fsp3) is 0.938. The maximum absolute atomic E-state index is 11.1. The molecule has 0 amide bonds. The number of halogens is 1. The molecule has 0 aromatic rings. The molecule has 0 aliphatic carbocycles. The van der Waals surface area contributed by atoms with Crippen LogP contribution in [0.2, 0.25) is 0 Å². The Bertz CT molecular complexity index is 239. The standard InChI is InChI=1S/C16H31ClO5/c1-2-7-16(18)22-15-14-21-13-12-20-11-10-19-9-6-4-3-5-8-17/h2-15H2,1H3. The topological polar surface area (TPSA) is 54.0 Å². The number of esters is 1. The van der Waals surface area contributed by atoms with Gasteiger partial charge in [0.25, 0.3) is 0 Å². The normalized spacial score (nSPS) is 10.8. The predicted molar refractivity (Wildman–Crippen MR) is 87.5 cm³/mol. The molecule has 0 bridgehead atoms. The van der Waals surface area contributed by atoms with E-state index < -0.39 is 0 Å². The number of hydrogen-bond donors (Lipinski definition) is 0. The summed E-state index contributed by atoms with van der Waals surface area (Å²) in [5.74, 6) is 0.583. The van der Waals surface area contributed by atoms with Crippen LogP contribution in [0, 0.1) is 0 Å². The van der Waals surface area contributed by atoms with Gasteiger partial charge in [0.05, 0.1) is 33.0 Å². The fourth-order valence-electron chi connectivity index (χ4n) is 1.68. The van der Waals surface area contributed by atoms with Crippen LogP contribution in [-0.4, -0.2) is 58.1 Å². The van der Waals surface area contributed by atoms with Crippen LogP contribution < -0.4 is 0 Å². The number of rotatable bonds is 17. The van der Waals surface area contributed by atoms with Crippen molar-refractivity contribution in [2.45, 2.75) is 45.4 Å². The number of carbonyl (C=O) groups excluding carboxylic acids is 1. The summed E-state index contributed by atoms with van der Waals surface area (Å²) in [6.45, 7) is 5.68. The fourth-order valence-corrected chi connectivity index (χ4v) is 1.87. The summed E-state index contributed by atoms with van der Waals surface area (Å²) in [4.78, 5) is 11.1. The monoisotopic (exact) mass is 338 g/mol. The van der Waals surface area contributed by atoms with Crippen LogP contribution in [0.3, 0.4) is 0 Å². The van der Waals surface area contributed by atoms with Crippen LogP contribution in [0.5, 0.6) is 0 Å². The predicted octanol–water partition coefficient (Wildman–Crippen LogP) is 3.18. The van der Waals surface area contributed by atoms with Gasteiger partial charge >= 0.3 is 5.97 Å². The largest absolute Gasteiger partial charge is 0.463 e. The third-order valence-corrected chi connectivity index (χ3v) is 3.13. The van der Waals surface area contributed by atoms with Gasteiger partial charge in [0.15, 0.2) is 0 Å². The summed E-state index contributed by atoms with van der Waals surface area (Å²) in [5.41, 5.74) is 0. The van der Waals surface area contributed by atoms with Crippen molar-refractivity contribution >= 4 is 17.6 Å². The average Bonchev–Trinajstić information content (AvgIpc) is 2.51. The molecule has 0 aliphatic heterocycles. The Morgan fingerprint density at radius 1 is 0.773 bits per heavy atom. The third-order valence-electron chi connectivity index (χ3n) is 2.86. The van der Waals surface area contributed by atoms with Crippen molar-refractivity contribution in [3.05, 3.63) is 0 Å². The lowest BCUT2D eigenvalue weighted by Gasteiger charge is -2.07. The van der Waals surface area contributed by atoms with Gasteiger partial charge in [0.2, 0.25) is 0 Å². The van der Waals surface area contributed by atoms with Crippen LogP contribution in [0.4, 0.5) is 0 Å². The second-order valence-corrected chi connectivity index (χ2v) is 5.29. The molecule has 6 heteroatoms. The minimum atomic E-state index is -0.165. The van der Waals surface area contributed by atoms with E-state index in [1.807, 2.05) is 6.92 Å². The molecule has 0 aliphatic rings. The first-order valence-corrected chi connectivity index (χ1v) is 8.79. The van der Waals surface area contributed by atoms with E-state index in [1.165, 1.54) is 12.8 Å². The van der Waals surface area contributed by atoms with Gasteiger partial charge in [0, 0.05) is 18.9 Å². The van der Waals surface area contributed by atoms with Crippen molar-refractivity contribution in [3.63, 3.8) is 0 Å². The van der Waals surface area contributed by atoms with Crippen LogP contribution in [0.15, 0.2) is 0 Å². The zero-order valence-electron chi connectivity index (χ0n) is 13.8. The molecule has 0 saturated heterocycles. The molecule has 0 spiro atoms. The van der Waals surface area contributed by atoms with Crippen molar-refractivity contribution < 1.29 is 23.7 Å². The van der Waals surface area contributed by atoms with Gasteiger partial charge < -0.3 is 18.9 Å². The van der Waals surface area contributed by atoms with Crippen LogP contribution in [-0.2, 0) is 23.7 Å². The second-order valence-electron chi connectivity index (χ2n) is 4.91. The van der Waals surface area contributed by atoms with E-state index in [0.29, 0.717) is 46.1 Å². The maximum atomic E-state index is 11.1. The molecule has 132 valence electrons. The van der Waals surface area contributed by atoms with Crippen LogP contribution in [0.1, 0.15) is 45.4 Å². The van der Waals surface area contributed by atoms with Crippen LogP contribution >= 0.6 is 11.6 Å². The Labute approximate surface area is 139 Å². The Balaban J connectivity index is 3.01. The van der Waals surface area contributed by atoms with Gasteiger partial charge in [-0.3, -0.25) is 4.79 Å². The number of ether oxygens (including phenoxy) is 4. The van der Waals surface area contributed by atoms with Gasteiger partial charge in [-0.2, -0.15) is 0 Å². The zero-order valence-corrected chi connectivity index (χ0v) is 14.6. The Morgan fingerprint density at radius 3 is 1.91 bits per heavy atom. The van der Waals surface area contributed by atoms with E-state index in [-0.39, 0.29) is 5.97 Å². The summed E-state index contributed by atoms with van der Waals surface area (Å²) in [6, 6.07) is 0. The first kappa shape index (κ1) is 21.6. The van der Waals surface area contributed by atoms with E-state index in [0.717, 1.165) is 31.7 Å². The molecule has 0 heterocycles. The van der Waals surface area contributed by atoms with Crippen LogP contribution in [0.25, 0.3) is 0 Å². The quantitative estimate of drug-likeness (QED) is 0.231. The number of hydrogen-bond acceptors (Lipinski definition) is 5. The minimum Gasteiger partial charge on any atom is -0.463 e. The van der Waals surface area contributed by atoms with Crippen molar-refractivity contribution in [3.8, 4) is 0 Å². The summed E-state index contributed by atoms with van der Waals surface area (Å²) in [5, 5.41) is 0. The highest BCUT2D eigenvalue weighted by Gasteiger charge is 1.99. The van der Waals surface area contributed by atoms with Gasteiger partial charge in [0.1, 0.15) is 6.61 Å². The van der Waals surface area contributed by atoms with Gasteiger partial charge in [-0.25, -0.2) is 0 Å². The molecule has 0 fully saturated rings. The van der Waals surface area contributed by atoms with Gasteiger partial charge in [-0.05, 0) is 19.3 Å². The molecular weight excluding hydrogens is 308 g/mol. The molecule has 0 atom stereocenters. The Kier molecular flexibility index (Phi) is 18.4. The molecule has 5 nitrogen and oxygen atoms in total. The number of carbonyl (C=O) groups is 1. The molecule has 0 unspecified atom stereocenters. The summed E-state index contributed by atoms with van der Waals surface area (Å²) >= 11 is 5.60. The van der Waals surface area contributed by atoms with E-state index >= 15 is 0 Å². The van der Waals surface area contributed by atoms with Crippen molar-refractivity contribution in [2.75, 3.05) is 52.1 Å². The first-order valence-electron chi connectivity index (χ1n) is 8.26. The maximum Gasteiger partial charge on any atom is 0.305 e. The van der Waals surface area contributed by atoms with E-state index in [9.17, 15) is 4.79 Å². The smallest absolute Gasteiger partial charge is 0.305 e. The van der Waals surface area contributed by atoms with E-state index in [4.69, 9.17) is 30.5 Å². The lowest BCUT2D eigenvalue weighted by atomic mass is 10.2. The highest BCUT2D eigenvalue weighted by molar-refractivity contribution is 6.17. The summed E-state index contributed by atoms with van der Waals surface area (Å²) < 4.78 is 21.1. The van der Waals surface area contributed by atoms with E-state index in [2.05, 4.69) is 0 Å². The molecule has 0 rings (SSSR count). The molecule has 0 aromatic heterocycles. The van der Waals surface area contributed by atoms with Gasteiger partial charge in [-0.1, -0.05) is 19.8 Å². The Hall–Kier alpha value is -0.360. The minimum absolute atomic E-state index is 0.165. The second kappa shape index (κ2) is 18.7. The SMILES string of the molecule is CCCC(=O)OCCOCCOCCOCCCCCCCl. The first-order chi connectivity index (χ1) is 10.8. The third kappa shape index (κ3) is 17.7. The molecule has 0 aromatic carbocycles. The van der Waals surface area contributed by atoms with Gasteiger partial charge in [-0.15, -0.1) is 11.6 Å². The molecule has 0 N–H and O–H groups in total. The van der Waals surface area contributed by atoms with Crippen molar-refractivity contribution in [1.82, 2.24) is 0 Å². The van der Waals surface area contributed by atoms with Crippen molar-refractivity contribution in [2.24, 2.45) is 0 Å². The molecule has 0 saturated carbocycles. The summed E-state index contributed by atoms with van der Waals surface area (Å²) in [6.07, 6.45) is 5.79. The zero-order chi connectivity index (χ0) is 16.3. The lowest BCUT2D eigenvalue weighted by molar-refractivity contribution is -0.145.